The highest BCUT2D eigenvalue weighted by Gasteiger charge is 2.23. The van der Waals surface area contributed by atoms with E-state index < -0.39 is 0 Å². The molecule has 0 N–H and O–H groups in total. The van der Waals surface area contributed by atoms with Gasteiger partial charge in [0.1, 0.15) is 0 Å². The van der Waals surface area contributed by atoms with Gasteiger partial charge in [0.2, 0.25) is 0 Å². The van der Waals surface area contributed by atoms with Gasteiger partial charge in [-0.05, 0) is 115 Å². The van der Waals surface area contributed by atoms with Crippen LogP contribution in [0.3, 0.4) is 0 Å². The van der Waals surface area contributed by atoms with Crippen LogP contribution in [0.2, 0.25) is 0 Å². The van der Waals surface area contributed by atoms with Crippen LogP contribution in [0.1, 0.15) is 0 Å². The van der Waals surface area contributed by atoms with Gasteiger partial charge in [-0.15, -0.1) is 11.3 Å². The predicted molar refractivity (Wildman–Crippen MR) is 305 cm³/mol. The lowest BCUT2D eigenvalue weighted by Crippen LogP contribution is -2.10. The van der Waals surface area contributed by atoms with Crippen molar-refractivity contribution < 1.29 is 0 Å². The molecule has 0 unspecified atom stereocenters. The molecule has 71 heavy (non-hydrogen) atoms. The first-order valence-electron chi connectivity index (χ1n) is 24.3. The summed E-state index contributed by atoms with van der Waals surface area (Å²) in [7, 11) is 0. The molecule has 0 atom stereocenters. The third-order valence-electron chi connectivity index (χ3n) is 14.4. The Kier molecular flexibility index (Phi) is 9.75. The van der Waals surface area contributed by atoms with E-state index in [1.807, 2.05) is 11.3 Å². The van der Waals surface area contributed by atoms with Crippen LogP contribution in [0.15, 0.2) is 267 Å². The van der Waals surface area contributed by atoms with E-state index in [4.69, 9.17) is 0 Å². The molecule has 0 radical (unpaired) electrons. The van der Waals surface area contributed by atoms with Gasteiger partial charge in [0.25, 0.3) is 0 Å². The first kappa shape index (κ1) is 41.0. The van der Waals surface area contributed by atoms with E-state index in [2.05, 4.69) is 276 Å². The Morgan fingerprint density at radius 3 is 1.56 bits per heavy atom. The Labute approximate surface area is 416 Å². The molecule has 2 nitrogen and oxygen atoms in total. The molecule has 0 aliphatic carbocycles. The number of rotatable bonds is 8. The molecule has 14 aromatic rings. The minimum absolute atomic E-state index is 1.09. The fraction of sp³-hybridized carbons (Fsp3) is 0. The quantitative estimate of drug-likeness (QED) is 0.147. The fourth-order valence-corrected chi connectivity index (χ4v) is 12.4. The zero-order valence-corrected chi connectivity index (χ0v) is 39.5. The van der Waals surface area contributed by atoms with Crippen LogP contribution in [-0.2, 0) is 0 Å². The van der Waals surface area contributed by atoms with Gasteiger partial charge in [-0.3, -0.25) is 0 Å². The van der Waals surface area contributed by atoms with E-state index in [9.17, 15) is 0 Å². The number of para-hydroxylation sites is 1. The molecule has 3 heteroatoms. The lowest BCUT2D eigenvalue weighted by Gasteiger charge is -2.27. The standard InChI is InChI=1S/C68H44N2S/c1-2-15-49(16-3-1)58-43-44-64(67-60-24-9-11-30-65(60)71-68(58)67)69(52-39-35-46(36-40-52)45-31-33-50(34-32-45)55-25-12-19-47-17-4-6-21-54(47)55)53-41-37-51(38-42-53)57-26-14-29-63-66(57)59-23-8-10-27-62(59)70(63)61-28-13-20-48-18-5-7-22-56(48)61/h1-44H. The second kappa shape index (κ2) is 16.9. The zero-order valence-electron chi connectivity index (χ0n) is 38.7. The summed E-state index contributed by atoms with van der Waals surface area (Å²) in [6.45, 7) is 0. The van der Waals surface area contributed by atoms with Gasteiger partial charge < -0.3 is 9.47 Å². The van der Waals surface area contributed by atoms with Crippen LogP contribution < -0.4 is 4.90 Å². The van der Waals surface area contributed by atoms with Gasteiger partial charge in [0, 0.05) is 47.7 Å². The van der Waals surface area contributed by atoms with Crippen LogP contribution in [0.25, 0.3) is 114 Å². The van der Waals surface area contributed by atoms with Crippen molar-refractivity contribution >= 4 is 91.9 Å². The molecule has 12 aromatic carbocycles. The van der Waals surface area contributed by atoms with E-state index in [-0.39, 0.29) is 0 Å². The molecule has 0 amide bonds. The monoisotopic (exact) mass is 920 g/mol. The Hall–Kier alpha value is -9.02. The van der Waals surface area contributed by atoms with Crippen molar-refractivity contribution in [2.45, 2.75) is 0 Å². The number of fused-ring (bicyclic) bond motifs is 8. The normalized spacial score (nSPS) is 11.7. The van der Waals surface area contributed by atoms with Gasteiger partial charge in [-0.25, -0.2) is 0 Å². The minimum Gasteiger partial charge on any atom is -0.310 e. The van der Waals surface area contributed by atoms with E-state index >= 15 is 0 Å². The van der Waals surface area contributed by atoms with Gasteiger partial charge in [-0.2, -0.15) is 0 Å². The Morgan fingerprint density at radius 1 is 0.296 bits per heavy atom. The summed E-state index contributed by atoms with van der Waals surface area (Å²) < 4.78 is 5.01. The van der Waals surface area contributed by atoms with Crippen molar-refractivity contribution in [3.63, 3.8) is 0 Å². The number of aromatic nitrogens is 1. The molecule has 0 saturated carbocycles. The van der Waals surface area contributed by atoms with Crippen molar-refractivity contribution in [1.82, 2.24) is 4.57 Å². The van der Waals surface area contributed by atoms with E-state index in [0.717, 1.165) is 17.1 Å². The molecule has 332 valence electrons. The number of hydrogen-bond acceptors (Lipinski definition) is 2. The maximum atomic E-state index is 2.46. The lowest BCUT2D eigenvalue weighted by atomic mass is 9.96. The minimum atomic E-state index is 1.09. The SMILES string of the molecule is c1ccc(-c2ccc(N(c3ccc(-c4ccc(-c5cccc6ccccc56)cc4)cc3)c3ccc(-c4cccc5c4c4ccccc4n5-c4cccc5ccccc45)cc3)c3c2sc2ccccc23)cc1. The largest absolute Gasteiger partial charge is 0.310 e. The smallest absolute Gasteiger partial charge is 0.0555 e. The highest BCUT2D eigenvalue weighted by Crippen LogP contribution is 2.49. The number of anilines is 3. The number of thiophene rings is 1. The van der Waals surface area contributed by atoms with Gasteiger partial charge in [0.15, 0.2) is 0 Å². The molecule has 2 heterocycles. The third kappa shape index (κ3) is 6.85. The molecule has 0 fully saturated rings. The summed E-state index contributed by atoms with van der Waals surface area (Å²) in [5.74, 6) is 0. The maximum absolute atomic E-state index is 2.46. The van der Waals surface area contributed by atoms with Gasteiger partial charge in [0.05, 0.1) is 22.4 Å². The summed E-state index contributed by atoms with van der Waals surface area (Å²) >= 11 is 1.88. The molecule has 0 bridgehead atoms. The molecule has 0 aliphatic rings. The summed E-state index contributed by atoms with van der Waals surface area (Å²) in [4.78, 5) is 2.46. The average molecular weight is 921 g/mol. The molecule has 14 rings (SSSR count). The number of hydrogen-bond donors (Lipinski definition) is 0. The molecule has 0 aliphatic heterocycles. The highest BCUT2D eigenvalue weighted by molar-refractivity contribution is 7.26. The van der Waals surface area contributed by atoms with Gasteiger partial charge >= 0.3 is 0 Å². The average Bonchev–Trinajstić information content (AvgIpc) is 4.00. The predicted octanol–water partition coefficient (Wildman–Crippen LogP) is 19.6. The molecular weight excluding hydrogens is 877 g/mol. The fourth-order valence-electron chi connectivity index (χ4n) is 11.1. The topological polar surface area (TPSA) is 8.17 Å². The Morgan fingerprint density at radius 2 is 0.803 bits per heavy atom. The number of benzene rings is 12. The Balaban J connectivity index is 0.909. The summed E-state index contributed by atoms with van der Waals surface area (Å²) in [6.07, 6.45) is 0. The van der Waals surface area contributed by atoms with Crippen molar-refractivity contribution in [2.75, 3.05) is 4.90 Å². The van der Waals surface area contributed by atoms with Crippen LogP contribution in [0, 0.1) is 0 Å². The second-order valence-corrected chi connectivity index (χ2v) is 19.4. The van der Waals surface area contributed by atoms with Crippen LogP contribution in [0.5, 0.6) is 0 Å². The molecule has 2 aromatic heterocycles. The third-order valence-corrected chi connectivity index (χ3v) is 15.6. The second-order valence-electron chi connectivity index (χ2n) is 18.4. The van der Waals surface area contributed by atoms with E-state index in [1.165, 1.54) is 114 Å². The molecule has 0 saturated heterocycles. The van der Waals surface area contributed by atoms with Crippen LogP contribution in [0.4, 0.5) is 17.1 Å². The van der Waals surface area contributed by atoms with Crippen molar-refractivity contribution in [3.05, 3.63) is 267 Å². The molecular formula is C68H44N2S. The van der Waals surface area contributed by atoms with Gasteiger partial charge in [-0.1, -0.05) is 212 Å². The van der Waals surface area contributed by atoms with Crippen molar-refractivity contribution in [1.29, 1.82) is 0 Å². The first-order valence-corrected chi connectivity index (χ1v) is 25.1. The Bertz CT molecular complexity index is 4300. The molecule has 0 spiro atoms. The lowest BCUT2D eigenvalue weighted by molar-refractivity contribution is 1.20. The van der Waals surface area contributed by atoms with E-state index in [1.54, 1.807) is 0 Å². The summed E-state index contributed by atoms with van der Waals surface area (Å²) in [5.41, 5.74) is 16.6. The maximum Gasteiger partial charge on any atom is 0.0555 e. The number of nitrogens with zero attached hydrogens (tertiary/aromatic N) is 2. The first-order chi connectivity index (χ1) is 35.2. The van der Waals surface area contributed by atoms with Crippen molar-refractivity contribution in [3.8, 4) is 50.2 Å². The van der Waals surface area contributed by atoms with Crippen molar-refractivity contribution in [2.24, 2.45) is 0 Å². The van der Waals surface area contributed by atoms with Crippen LogP contribution in [-0.4, -0.2) is 4.57 Å². The summed E-state index contributed by atoms with van der Waals surface area (Å²) in [6, 6.07) is 97.9. The van der Waals surface area contributed by atoms with E-state index in [0.29, 0.717) is 0 Å². The summed E-state index contributed by atoms with van der Waals surface area (Å²) in [5, 5.41) is 10.0. The zero-order chi connectivity index (χ0) is 46.8. The van der Waals surface area contributed by atoms with Crippen LogP contribution >= 0.6 is 11.3 Å². The highest BCUT2D eigenvalue weighted by atomic mass is 32.1.